The first kappa shape index (κ1) is 21.2. The molecule has 1 N–H and O–H groups in total. The fourth-order valence-corrected chi connectivity index (χ4v) is 3.63. The Kier molecular flexibility index (Phi) is 5.69. The zero-order chi connectivity index (χ0) is 22.2. The first-order chi connectivity index (χ1) is 14.1. The van der Waals surface area contributed by atoms with Gasteiger partial charge in [0.15, 0.2) is 0 Å². The first-order valence-electron chi connectivity index (χ1n) is 9.69. The van der Waals surface area contributed by atoms with E-state index in [1.165, 1.54) is 18.2 Å². The number of amides is 3. The molecule has 0 unspecified atom stereocenters. The van der Waals surface area contributed by atoms with Gasteiger partial charge in [-0.2, -0.15) is 0 Å². The van der Waals surface area contributed by atoms with Gasteiger partial charge in [-0.05, 0) is 29.0 Å². The van der Waals surface area contributed by atoms with Crippen LogP contribution in [0.2, 0.25) is 0 Å². The van der Waals surface area contributed by atoms with Gasteiger partial charge in [0.05, 0.1) is 10.5 Å². The fourth-order valence-electron chi connectivity index (χ4n) is 3.63. The second-order valence-electron chi connectivity index (χ2n) is 7.82. The minimum atomic E-state index is -0.835. The molecule has 1 heterocycles. The molecule has 0 atom stereocenters. The molecule has 2 aromatic rings. The number of rotatable bonds is 6. The lowest BCUT2D eigenvalue weighted by Crippen LogP contribution is -2.37. The van der Waals surface area contributed by atoms with E-state index < -0.39 is 34.9 Å². The van der Waals surface area contributed by atoms with Gasteiger partial charge in [-0.15, -0.1) is 0 Å². The van der Waals surface area contributed by atoms with Gasteiger partial charge in [0.1, 0.15) is 12.1 Å². The molecule has 1 aliphatic heterocycles. The minimum absolute atomic E-state index is 0.0625. The smallest absolute Gasteiger partial charge is 0.282 e. The summed E-state index contributed by atoms with van der Waals surface area (Å²) in [5.74, 6) is -1.78. The molecule has 1 aliphatic rings. The largest absolute Gasteiger partial charge is 0.324 e. The highest BCUT2D eigenvalue weighted by Crippen LogP contribution is 2.33. The van der Waals surface area contributed by atoms with Crippen LogP contribution < -0.4 is 5.32 Å². The van der Waals surface area contributed by atoms with Gasteiger partial charge in [0, 0.05) is 11.8 Å². The lowest BCUT2D eigenvalue weighted by Gasteiger charge is -2.21. The summed E-state index contributed by atoms with van der Waals surface area (Å²) in [6.45, 7) is 7.53. The number of nitrogens with zero attached hydrogens (tertiary/aromatic N) is 2. The maximum atomic E-state index is 12.8. The van der Waals surface area contributed by atoms with Crippen molar-refractivity contribution in [1.82, 2.24) is 4.90 Å². The maximum absolute atomic E-state index is 12.8. The molecule has 0 aliphatic carbocycles. The Balaban J connectivity index is 1.88. The summed E-state index contributed by atoms with van der Waals surface area (Å²) in [5, 5.41) is 14.1. The molecule has 0 spiro atoms. The van der Waals surface area contributed by atoms with E-state index in [9.17, 15) is 24.5 Å². The van der Waals surface area contributed by atoms with Crippen molar-refractivity contribution >= 4 is 29.1 Å². The third kappa shape index (κ3) is 3.68. The Morgan fingerprint density at radius 2 is 1.57 bits per heavy atom. The SMILES string of the molecule is CC(C)c1cccc(C(C)C)c1NC(=O)CN1C(=O)c2cccc([N+](=O)[O-])c2C1=O. The first-order valence-corrected chi connectivity index (χ1v) is 9.69. The molecule has 0 aromatic heterocycles. The van der Waals surface area contributed by atoms with E-state index in [4.69, 9.17) is 0 Å². The number of nitro groups is 1. The van der Waals surface area contributed by atoms with Gasteiger partial charge in [-0.1, -0.05) is 52.0 Å². The number of fused-ring (bicyclic) bond motifs is 1. The quantitative estimate of drug-likeness (QED) is 0.439. The Morgan fingerprint density at radius 3 is 2.10 bits per heavy atom. The summed E-state index contributed by atoms with van der Waals surface area (Å²) >= 11 is 0. The summed E-state index contributed by atoms with van der Waals surface area (Å²) < 4.78 is 0. The van der Waals surface area contributed by atoms with Crippen LogP contribution in [0.25, 0.3) is 0 Å². The number of carbonyl (C=O) groups excluding carboxylic acids is 3. The zero-order valence-electron chi connectivity index (χ0n) is 17.3. The molecule has 3 rings (SSSR count). The Bertz CT molecular complexity index is 1030. The molecule has 8 heteroatoms. The number of para-hydroxylation sites is 1. The number of anilines is 1. The summed E-state index contributed by atoms with van der Waals surface area (Å²) in [4.78, 5) is 49.4. The topological polar surface area (TPSA) is 110 Å². The number of benzene rings is 2. The number of hydrogen-bond acceptors (Lipinski definition) is 5. The second-order valence-corrected chi connectivity index (χ2v) is 7.82. The van der Waals surface area contributed by atoms with E-state index >= 15 is 0 Å². The van der Waals surface area contributed by atoms with Crippen LogP contribution in [0.3, 0.4) is 0 Å². The molecule has 0 saturated heterocycles. The van der Waals surface area contributed by atoms with Crippen molar-refractivity contribution in [1.29, 1.82) is 0 Å². The summed E-state index contributed by atoms with van der Waals surface area (Å²) in [7, 11) is 0. The highest BCUT2D eigenvalue weighted by Gasteiger charge is 2.41. The van der Waals surface area contributed by atoms with Crippen LogP contribution in [0.15, 0.2) is 36.4 Å². The summed E-state index contributed by atoms with van der Waals surface area (Å²) in [5.41, 5.74) is 1.80. The van der Waals surface area contributed by atoms with Crippen molar-refractivity contribution in [3.63, 3.8) is 0 Å². The van der Waals surface area contributed by atoms with Crippen molar-refractivity contribution in [3.05, 3.63) is 68.8 Å². The Labute approximate surface area is 174 Å². The third-order valence-electron chi connectivity index (χ3n) is 5.11. The maximum Gasteiger partial charge on any atom is 0.282 e. The van der Waals surface area contributed by atoms with E-state index in [0.717, 1.165) is 16.0 Å². The molecule has 0 saturated carbocycles. The summed E-state index contributed by atoms with van der Waals surface area (Å²) in [6, 6.07) is 9.66. The van der Waals surface area contributed by atoms with Crippen LogP contribution in [0.5, 0.6) is 0 Å². The van der Waals surface area contributed by atoms with Crippen molar-refractivity contribution < 1.29 is 19.3 Å². The number of nitrogens with one attached hydrogen (secondary N) is 1. The van der Waals surface area contributed by atoms with Crippen molar-refractivity contribution in [3.8, 4) is 0 Å². The number of hydrogen-bond donors (Lipinski definition) is 1. The predicted octanol–water partition coefficient (Wildman–Crippen LogP) is 4.08. The van der Waals surface area contributed by atoms with E-state index in [1.807, 2.05) is 45.9 Å². The molecule has 8 nitrogen and oxygen atoms in total. The molecule has 30 heavy (non-hydrogen) atoms. The van der Waals surface area contributed by atoms with Crippen LogP contribution in [0, 0.1) is 10.1 Å². The number of carbonyl (C=O) groups is 3. The number of imide groups is 1. The predicted molar refractivity (Wildman–Crippen MR) is 112 cm³/mol. The summed E-state index contributed by atoms with van der Waals surface area (Å²) in [6.07, 6.45) is 0. The van der Waals surface area contributed by atoms with Gasteiger partial charge in [0.2, 0.25) is 5.91 Å². The van der Waals surface area contributed by atoms with Gasteiger partial charge in [0.25, 0.3) is 17.5 Å². The van der Waals surface area contributed by atoms with Crippen LogP contribution in [0.4, 0.5) is 11.4 Å². The highest BCUT2D eigenvalue weighted by molar-refractivity contribution is 6.24. The molecule has 0 fully saturated rings. The average molecular weight is 409 g/mol. The van der Waals surface area contributed by atoms with Gasteiger partial charge in [-0.3, -0.25) is 29.4 Å². The zero-order valence-corrected chi connectivity index (χ0v) is 17.3. The highest BCUT2D eigenvalue weighted by atomic mass is 16.6. The number of nitro benzene ring substituents is 1. The fraction of sp³-hybridized carbons (Fsp3) is 0.318. The average Bonchev–Trinajstić information content (AvgIpc) is 2.92. The monoisotopic (exact) mass is 409 g/mol. The van der Waals surface area contributed by atoms with Crippen LogP contribution in [-0.2, 0) is 4.79 Å². The van der Waals surface area contributed by atoms with Gasteiger partial charge < -0.3 is 5.32 Å². The Hall–Kier alpha value is -3.55. The molecule has 3 amide bonds. The van der Waals surface area contributed by atoms with Crippen LogP contribution in [0.1, 0.15) is 71.4 Å². The van der Waals surface area contributed by atoms with Crippen LogP contribution in [-0.4, -0.2) is 34.1 Å². The van der Waals surface area contributed by atoms with Crippen LogP contribution >= 0.6 is 0 Å². The molecular weight excluding hydrogens is 386 g/mol. The molecule has 156 valence electrons. The molecule has 0 bridgehead atoms. The third-order valence-corrected chi connectivity index (χ3v) is 5.11. The van der Waals surface area contributed by atoms with E-state index in [2.05, 4.69) is 5.32 Å². The van der Waals surface area contributed by atoms with Crippen molar-refractivity contribution in [2.45, 2.75) is 39.5 Å². The lowest BCUT2D eigenvalue weighted by molar-refractivity contribution is -0.385. The van der Waals surface area contributed by atoms with E-state index in [0.29, 0.717) is 5.69 Å². The molecular formula is C22H23N3O5. The minimum Gasteiger partial charge on any atom is -0.324 e. The van der Waals surface area contributed by atoms with Gasteiger partial charge in [-0.25, -0.2) is 0 Å². The Morgan fingerprint density at radius 1 is 1.00 bits per heavy atom. The molecule has 2 aromatic carbocycles. The van der Waals surface area contributed by atoms with Crippen molar-refractivity contribution in [2.75, 3.05) is 11.9 Å². The normalized spacial score (nSPS) is 13.2. The van der Waals surface area contributed by atoms with E-state index in [1.54, 1.807) is 0 Å². The van der Waals surface area contributed by atoms with Crippen molar-refractivity contribution in [2.24, 2.45) is 0 Å². The van der Waals surface area contributed by atoms with E-state index in [-0.39, 0.29) is 23.0 Å². The second kappa shape index (κ2) is 8.06. The molecule has 0 radical (unpaired) electrons. The van der Waals surface area contributed by atoms with Gasteiger partial charge >= 0.3 is 0 Å². The standard InChI is InChI=1S/C22H23N3O5/c1-12(2)14-7-5-8-15(13(3)4)20(14)23-18(26)11-24-21(27)16-9-6-10-17(25(29)30)19(16)22(24)28/h5-10,12-13H,11H2,1-4H3,(H,23,26). The lowest BCUT2D eigenvalue weighted by atomic mass is 9.92.